The van der Waals surface area contributed by atoms with Crippen molar-refractivity contribution in [2.24, 2.45) is 5.92 Å². The molecule has 1 aromatic carbocycles. The first-order chi connectivity index (χ1) is 7.66. The molecule has 0 heterocycles. The van der Waals surface area contributed by atoms with Crippen LogP contribution in [0.2, 0.25) is 0 Å². The second-order valence-electron chi connectivity index (χ2n) is 4.94. The lowest BCUT2D eigenvalue weighted by atomic mass is 9.99. The van der Waals surface area contributed by atoms with Crippen molar-refractivity contribution in [1.29, 1.82) is 0 Å². The van der Waals surface area contributed by atoms with E-state index in [2.05, 4.69) is 53.3 Å². The quantitative estimate of drug-likeness (QED) is 0.843. The molecule has 2 rings (SSSR count). The molecule has 0 spiro atoms. The molecule has 0 bridgehead atoms. The molecule has 88 valence electrons. The highest BCUT2D eigenvalue weighted by atomic mass is 79.9. The lowest BCUT2D eigenvalue weighted by molar-refractivity contribution is 0.482. The molecule has 1 aliphatic rings. The summed E-state index contributed by atoms with van der Waals surface area (Å²) in [4.78, 5) is 0. The predicted octanol–water partition coefficient (Wildman–Crippen LogP) is 4.75. The summed E-state index contributed by atoms with van der Waals surface area (Å²) in [7, 11) is 0. The summed E-state index contributed by atoms with van der Waals surface area (Å²) >= 11 is 3.58. The third-order valence-corrected chi connectivity index (χ3v) is 4.53. The number of rotatable bonds is 3. The second kappa shape index (κ2) is 5.22. The Kier molecular flexibility index (Phi) is 3.91. The fraction of sp³-hybridized carbons (Fsp3) is 0.571. The molecule has 1 aliphatic carbocycles. The van der Waals surface area contributed by atoms with Crippen molar-refractivity contribution in [3.63, 3.8) is 0 Å². The normalized spacial score (nSPS) is 18.7. The fourth-order valence-corrected chi connectivity index (χ4v) is 2.90. The van der Waals surface area contributed by atoms with Crippen molar-refractivity contribution in [2.75, 3.05) is 5.32 Å². The predicted molar refractivity (Wildman–Crippen MR) is 73.9 cm³/mol. The van der Waals surface area contributed by atoms with Crippen molar-refractivity contribution >= 4 is 21.6 Å². The van der Waals surface area contributed by atoms with Crippen LogP contribution in [0.25, 0.3) is 0 Å². The topological polar surface area (TPSA) is 12.0 Å². The molecular weight excluding hydrogens is 262 g/mol. The van der Waals surface area contributed by atoms with Gasteiger partial charge in [0.25, 0.3) is 0 Å². The molecular formula is C14H20BrN. The first kappa shape index (κ1) is 12.0. The van der Waals surface area contributed by atoms with Crippen molar-refractivity contribution in [1.82, 2.24) is 0 Å². The zero-order valence-corrected chi connectivity index (χ0v) is 11.7. The Morgan fingerprint density at radius 2 is 2.00 bits per heavy atom. The molecule has 0 saturated heterocycles. The smallest absolute Gasteiger partial charge is 0.0353 e. The Labute approximate surface area is 107 Å². The van der Waals surface area contributed by atoms with Crippen LogP contribution in [0.3, 0.4) is 0 Å². The molecule has 1 saturated carbocycles. The van der Waals surface area contributed by atoms with Gasteiger partial charge >= 0.3 is 0 Å². The number of aryl methyl sites for hydroxylation is 1. The molecule has 1 N–H and O–H groups in total. The first-order valence-corrected chi connectivity index (χ1v) is 6.99. The van der Waals surface area contributed by atoms with Gasteiger partial charge in [-0.25, -0.2) is 0 Å². The lowest BCUT2D eigenvalue weighted by Crippen LogP contribution is -2.23. The van der Waals surface area contributed by atoms with Crippen molar-refractivity contribution in [3.8, 4) is 0 Å². The van der Waals surface area contributed by atoms with E-state index in [0.29, 0.717) is 6.04 Å². The minimum Gasteiger partial charge on any atom is -0.382 e. The Morgan fingerprint density at radius 3 is 2.62 bits per heavy atom. The highest BCUT2D eigenvalue weighted by molar-refractivity contribution is 9.10. The van der Waals surface area contributed by atoms with E-state index in [0.717, 1.165) is 5.92 Å². The van der Waals surface area contributed by atoms with Gasteiger partial charge in [-0.1, -0.05) is 34.8 Å². The average molecular weight is 282 g/mol. The van der Waals surface area contributed by atoms with Gasteiger partial charge in [-0.2, -0.15) is 0 Å². The van der Waals surface area contributed by atoms with Gasteiger partial charge in [0, 0.05) is 16.2 Å². The average Bonchev–Trinajstić information content (AvgIpc) is 2.77. The van der Waals surface area contributed by atoms with E-state index in [4.69, 9.17) is 0 Å². The van der Waals surface area contributed by atoms with Gasteiger partial charge in [-0.3, -0.25) is 0 Å². The highest BCUT2D eigenvalue weighted by Crippen LogP contribution is 2.30. The van der Waals surface area contributed by atoms with Gasteiger partial charge in [0.1, 0.15) is 0 Å². The molecule has 2 heteroatoms. The monoisotopic (exact) mass is 281 g/mol. The van der Waals surface area contributed by atoms with Crippen LogP contribution in [0.15, 0.2) is 22.7 Å². The lowest BCUT2D eigenvalue weighted by Gasteiger charge is -2.21. The second-order valence-corrected chi connectivity index (χ2v) is 5.80. The van der Waals surface area contributed by atoms with E-state index in [-0.39, 0.29) is 0 Å². The zero-order chi connectivity index (χ0) is 11.5. The first-order valence-electron chi connectivity index (χ1n) is 6.19. The zero-order valence-electron chi connectivity index (χ0n) is 10.1. The number of benzene rings is 1. The summed E-state index contributed by atoms with van der Waals surface area (Å²) in [6.07, 6.45) is 5.60. The summed E-state index contributed by atoms with van der Waals surface area (Å²) in [6.45, 7) is 4.43. The van der Waals surface area contributed by atoms with Crippen LogP contribution in [0.4, 0.5) is 5.69 Å². The van der Waals surface area contributed by atoms with E-state index >= 15 is 0 Å². The van der Waals surface area contributed by atoms with Crippen molar-refractivity contribution in [2.45, 2.75) is 45.6 Å². The van der Waals surface area contributed by atoms with E-state index in [1.165, 1.54) is 41.4 Å². The summed E-state index contributed by atoms with van der Waals surface area (Å²) in [5, 5.41) is 3.62. The van der Waals surface area contributed by atoms with E-state index < -0.39 is 0 Å². The standard InChI is InChI=1S/C14H20BrN/c1-10-7-8-13(9-14(10)15)16-11(2)12-5-3-4-6-12/h7-9,11-12,16H,3-6H2,1-2H3. The highest BCUT2D eigenvalue weighted by Gasteiger charge is 2.21. The van der Waals surface area contributed by atoms with Crippen LogP contribution >= 0.6 is 15.9 Å². The van der Waals surface area contributed by atoms with Gasteiger partial charge in [-0.15, -0.1) is 0 Å². The summed E-state index contributed by atoms with van der Waals surface area (Å²) in [5.41, 5.74) is 2.52. The molecule has 1 nitrogen and oxygen atoms in total. The molecule has 0 amide bonds. The van der Waals surface area contributed by atoms with Crippen LogP contribution in [0.1, 0.15) is 38.2 Å². The van der Waals surface area contributed by atoms with Gasteiger partial charge in [0.15, 0.2) is 0 Å². The molecule has 1 aromatic rings. The van der Waals surface area contributed by atoms with Crippen LogP contribution in [-0.4, -0.2) is 6.04 Å². The minimum atomic E-state index is 0.595. The van der Waals surface area contributed by atoms with Crippen molar-refractivity contribution in [3.05, 3.63) is 28.2 Å². The third-order valence-electron chi connectivity index (χ3n) is 3.67. The molecule has 1 atom stereocenters. The maximum Gasteiger partial charge on any atom is 0.0353 e. The molecule has 1 unspecified atom stereocenters. The SMILES string of the molecule is Cc1ccc(NC(C)C2CCCC2)cc1Br. The maximum absolute atomic E-state index is 3.62. The fourth-order valence-electron chi connectivity index (χ4n) is 2.52. The Morgan fingerprint density at radius 1 is 1.31 bits per heavy atom. The number of hydrogen-bond donors (Lipinski definition) is 1. The van der Waals surface area contributed by atoms with Crippen LogP contribution in [-0.2, 0) is 0 Å². The number of hydrogen-bond acceptors (Lipinski definition) is 1. The van der Waals surface area contributed by atoms with E-state index in [1.807, 2.05) is 0 Å². The number of nitrogens with one attached hydrogen (secondary N) is 1. The summed E-state index contributed by atoms with van der Waals surface area (Å²) < 4.78 is 1.19. The van der Waals surface area contributed by atoms with Crippen LogP contribution < -0.4 is 5.32 Å². The van der Waals surface area contributed by atoms with E-state index in [9.17, 15) is 0 Å². The maximum atomic E-state index is 3.62. The molecule has 0 aliphatic heterocycles. The number of halogens is 1. The van der Waals surface area contributed by atoms with Crippen LogP contribution in [0, 0.1) is 12.8 Å². The van der Waals surface area contributed by atoms with Gasteiger partial charge in [-0.05, 0) is 50.3 Å². The minimum absolute atomic E-state index is 0.595. The Balaban J connectivity index is 1.99. The Hall–Kier alpha value is -0.500. The summed E-state index contributed by atoms with van der Waals surface area (Å²) in [5.74, 6) is 0.861. The van der Waals surface area contributed by atoms with Crippen LogP contribution in [0.5, 0.6) is 0 Å². The summed E-state index contributed by atoms with van der Waals surface area (Å²) in [6, 6.07) is 7.11. The molecule has 0 radical (unpaired) electrons. The van der Waals surface area contributed by atoms with E-state index in [1.54, 1.807) is 0 Å². The number of anilines is 1. The van der Waals surface area contributed by atoms with Gasteiger partial charge in [0.2, 0.25) is 0 Å². The molecule has 1 fully saturated rings. The molecule has 0 aromatic heterocycles. The van der Waals surface area contributed by atoms with Gasteiger partial charge in [0.05, 0.1) is 0 Å². The molecule has 16 heavy (non-hydrogen) atoms. The van der Waals surface area contributed by atoms with Crippen molar-refractivity contribution < 1.29 is 0 Å². The Bertz CT molecular complexity index is 356. The largest absolute Gasteiger partial charge is 0.382 e. The van der Waals surface area contributed by atoms with Gasteiger partial charge < -0.3 is 5.32 Å². The third kappa shape index (κ3) is 2.79.